The van der Waals surface area contributed by atoms with E-state index in [1.165, 1.54) is 12.8 Å². The third-order valence-electron chi connectivity index (χ3n) is 1.000. The molecule has 0 fully saturated rings. The third kappa shape index (κ3) is 87.0. The van der Waals surface area contributed by atoms with Gasteiger partial charge in [-0.15, -0.1) is 12.8 Å². The average molecular weight is 784 g/mol. The maximum atomic E-state index is 3.64. The maximum absolute atomic E-state index is 3.64. The monoisotopic (exact) mass is 784 g/mol. The Morgan fingerprint density at radius 2 is 0.588 bits per heavy atom. The van der Waals surface area contributed by atoms with Gasteiger partial charge in [-0.05, 0) is 0 Å². The first-order valence-electron chi connectivity index (χ1n) is 4.00. The first kappa shape index (κ1) is 56.7. The van der Waals surface area contributed by atoms with Gasteiger partial charge in [0.1, 0.15) is 0 Å². The van der Waals surface area contributed by atoms with Crippen LogP contribution in [0.25, 0.3) is 0 Å². The van der Waals surface area contributed by atoms with Gasteiger partial charge in [-0.1, -0.05) is 0 Å². The van der Waals surface area contributed by atoms with Crippen LogP contribution in [0.2, 0.25) is 0 Å². The van der Waals surface area contributed by atoms with Crippen molar-refractivity contribution in [3.05, 3.63) is 35.1 Å². The Balaban J connectivity index is -0.00000000762. The molecule has 6 heteroatoms. The second-order valence-corrected chi connectivity index (χ2v) is 2.12. The number of hydrogen-bond donors (Lipinski definition) is 0. The predicted molar refractivity (Wildman–Crippen MR) is 55.5 cm³/mol. The molecule has 0 amide bonds. The SMILES string of the molecule is [CH2-]CCC[CH2-].[CH2-]CCC[CH2-].[CH3-].[W+2].[Y].[Y].[Y].[Y].[Y]. The van der Waals surface area contributed by atoms with Gasteiger partial charge >= 0.3 is 21.1 Å². The van der Waals surface area contributed by atoms with E-state index in [1.54, 1.807) is 0 Å². The van der Waals surface area contributed by atoms with Crippen LogP contribution in [0.1, 0.15) is 38.5 Å². The summed E-state index contributed by atoms with van der Waals surface area (Å²) in [5.74, 6) is 0. The minimum Gasteiger partial charge on any atom is -0.358 e. The van der Waals surface area contributed by atoms with Crippen LogP contribution in [-0.2, 0) is 185 Å². The third-order valence-corrected chi connectivity index (χ3v) is 1.000. The molecule has 91 valence electrons. The number of hydrogen-bond acceptors (Lipinski definition) is 0. The van der Waals surface area contributed by atoms with Gasteiger partial charge in [0.05, 0.1) is 0 Å². The second kappa shape index (κ2) is 67.0. The molecule has 5 radical (unpaired) electrons. The Labute approximate surface area is 252 Å². The summed E-state index contributed by atoms with van der Waals surface area (Å²) in [6, 6.07) is 0. The van der Waals surface area contributed by atoms with Crippen LogP contribution in [0, 0.1) is 35.1 Å². The summed E-state index contributed by atoms with van der Waals surface area (Å²) in [6.45, 7) is 14.5. The van der Waals surface area contributed by atoms with E-state index in [0.29, 0.717) is 0 Å². The summed E-state index contributed by atoms with van der Waals surface area (Å²) in [5, 5.41) is 0. The molecular formula is C11H23WY5-3. The molecule has 0 rings (SSSR count). The van der Waals surface area contributed by atoms with E-state index in [2.05, 4.69) is 27.7 Å². The first-order chi connectivity index (χ1) is 4.83. The molecule has 0 heterocycles. The summed E-state index contributed by atoms with van der Waals surface area (Å²) >= 11 is 0. The van der Waals surface area contributed by atoms with Crippen LogP contribution >= 0.6 is 0 Å². The summed E-state index contributed by atoms with van der Waals surface area (Å²) in [4.78, 5) is 0. The van der Waals surface area contributed by atoms with Gasteiger partial charge in [0.25, 0.3) is 0 Å². The maximum Gasteiger partial charge on any atom is 2.00 e. The van der Waals surface area contributed by atoms with Gasteiger partial charge in [-0.25, -0.2) is 0 Å². The predicted octanol–water partition coefficient (Wildman–Crippen LogP) is 4.09. The van der Waals surface area contributed by atoms with E-state index < -0.39 is 0 Å². The fourth-order valence-electron chi connectivity index (χ4n) is 0.354. The van der Waals surface area contributed by atoms with Gasteiger partial charge in [0.15, 0.2) is 0 Å². The molecule has 0 aliphatic rings. The standard InChI is InChI=1S/2C5H10.CH3.W.5Y/c2*1-3-5-4-2;;;;;;;/h2*1-5H2;1H3;;;;;;/q2*-2;-1;+2;;;;;. The van der Waals surface area contributed by atoms with Crippen LogP contribution < -0.4 is 0 Å². The minimum atomic E-state index is 0. The first-order valence-corrected chi connectivity index (χ1v) is 4.00. The smallest absolute Gasteiger partial charge is 0.358 e. The van der Waals surface area contributed by atoms with Crippen molar-refractivity contribution in [2.45, 2.75) is 38.5 Å². The fourth-order valence-corrected chi connectivity index (χ4v) is 0.354. The number of rotatable bonds is 4. The minimum absolute atomic E-state index is 0. The Morgan fingerprint density at radius 1 is 0.471 bits per heavy atom. The van der Waals surface area contributed by atoms with Crippen LogP contribution in [0.15, 0.2) is 0 Å². The molecule has 0 unspecified atom stereocenters. The van der Waals surface area contributed by atoms with E-state index in [4.69, 9.17) is 0 Å². The Kier molecular flexibility index (Phi) is 224. The van der Waals surface area contributed by atoms with E-state index in [9.17, 15) is 0 Å². The van der Waals surface area contributed by atoms with E-state index in [-0.39, 0.29) is 192 Å². The molecule has 0 saturated carbocycles. The van der Waals surface area contributed by atoms with Crippen molar-refractivity contribution in [3.63, 3.8) is 0 Å². The van der Waals surface area contributed by atoms with Crippen LogP contribution in [0.5, 0.6) is 0 Å². The molecule has 0 aromatic rings. The normalized spacial score (nSPS) is 4.94. The topological polar surface area (TPSA) is 0 Å². The average Bonchev–Trinajstić information content (AvgIpc) is 1.93. The van der Waals surface area contributed by atoms with Crippen LogP contribution in [0.4, 0.5) is 0 Å². The second-order valence-electron chi connectivity index (χ2n) is 2.12. The molecule has 0 atom stereocenters. The molecule has 0 N–H and O–H groups in total. The summed E-state index contributed by atoms with van der Waals surface area (Å²) in [7, 11) is 0. The summed E-state index contributed by atoms with van der Waals surface area (Å²) < 4.78 is 0. The van der Waals surface area contributed by atoms with E-state index >= 15 is 0 Å². The van der Waals surface area contributed by atoms with Crippen molar-refractivity contribution in [2.75, 3.05) is 0 Å². The zero-order valence-corrected chi connectivity index (χ0v) is 28.5. The van der Waals surface area contributed by atoms with Crippen molar-refractivity contribution < 1.29 is 185 Å². The van der Waals surface area contributed by atoms with Crippen LogP contribution in [0.3, 0.4) is 0 Å². The van der Waals surface area contributed by atoms with Gasteiger partial charge in [0.2, 0.25) is 0 Å². The Bertz CT molecular complexity index is 40.8. The van der Waals surface area contributed by atoms with Crippen molar-refractivity contribution in [3.8, 4) is 0 Å². The zero-order chi connectivity index (χ0) is 8.24. The molecular weight excluding hydrogens is 760 g/mol. The van der Waals surface area contributed by atoms with Crippen molar-refractivity contribution in [2.24, 2.45) is 0 Å². The quantitative estimate of drug-likeness (QED) is 0.378. The molecule has 0 spiro atoms. The van der Waals surface area contributed by atoms with E-state index in [1.807, 2.05) is 0 Å². The number of unbranched alkanes of at least 4 members (excludes halogenated alkanes) is 4. The molecule has 0 aromatic heterocycles. The Morgan fingerprint density at radius 3 is 0.588 bits per heavy atom. The summed E-state index contributed by atoms with van der Waals surface area (Å²) in [5.41, 5.74) is 0. The fraction of sp³-hybridized carbons (Fsp3) is 0.545. The zero-order valence-electron chi connectivity index (χ0n) is 11.4. The van der Waals surface area contributed by atoms with Crippen molar-refractivity contribution in [1.82, 2.24) is 0 Å². The molecule has 0 aromatic carbocycles. The van der Waals surface area contributed by atoms with Gasteiger partial charge < -0.3 is 35.1 Å². The summed E-state index contributed by atoms with van der Waals surface area (Å²) in [6.07, 6.45) is 6.46. The van der Waals surface area contributed by atoms with Gasteiger partial charge in [-0.3, -0.25) is 0 Å². The van der Waals surface area contributed by atoms with Gasteiger partial charge in [0, 0.05) is 164 Å². The molecule has 0 bridgehead atoms. The molecule has 17 heavy (non-hydrogen) atoms. The molecule has 0 aliphatic heterocycles. The largest absolute Gasteiger partial charge is 2.00 e. The molecule has 0 aliphatic carbocycles. The van der Waals surface area contributed by atoms with Crippen LogP contribution in [-0.4, -0.2) is 0 Å². The van der Waals surface area contributed by atoms with Crippen molar-refractivity contribution >= 4 is 0 Å². The van der Waals surface area contributed by atoms with E-state index in [0.717, 1.165) is 25.7 Å². The van der Waals surface area contributed by atoms with Gasteiger partial charge in [-0.2, -0.15) is 25.7 Å². The Hall–Kier alpha value is 6.21. The molecule has 0 saturated heterocycles. The molecule has 0 nitrogen and oxygen atoms in total. The van der Waals surface area contributed by atoms with Crippen molar-refractivity contribution in [1.29, 1.82) is 0 Å².